The number of carbonyl (C=O) groups excluding carboxylic acids is 1. The van der Waals surface area contributed by atoms with Crippen LogP contribution in [0.3, 0.4) is 0 Å². The lowest BCUT2D eigenvalue weighted by Gasteiger charge is -2.05. The third-order valence-electron chi connectivity index (χ3n) is 2.25. The van der Waals surface area contributed by atoms with Crippen molar-refractivity contribution < 1.29 is 4.79 Å². The van der Waals surface area contributed by atoms with E-state index in [4.69, 9.17) is 5.73 Å². The fraction of sp³-hybridized carbons (Fsp3) is 0.417. The van der Waals surface area contributed by atoms with Gasteiger partial charge in [0.05, 0.1) is 0 Å². The maximum atomic E-state index is 11.4. The Balaban J connectivity index is 2.70. The molecule has 0 saturated carbocycles. The number of benzene rings is 1. The van der Waals surface area contributed by atoms with Crippen LogP contribution in [0.5, 0.6) is 0 Å². The summed E-state index contributed by atoms with van der Waals surface area (Å²) in [5.41, 5.74) is 7.75. The van der Waals surface area contributed by atoms with Crippen molar-refractivity contribution in [3.8, 4) is 0 Å². The minimum atomic E-state index is 0.299. The SMILES string of the molecule is CCCC(=O)Cc1ccccc1CN. The van der Waals surface area contributed by atoms with Gasteiger partial charge >= 0.3 is 0 Å². The van der Waals surface area contributed by atoms with Crippen molar-refractivity contribution >= 4 is 5.78 Å². The molecule has 2 heteroatoms. The molecule has 0 bridgehead atoms. The normalized spacial score (nSPS) is 10.1. The minimum absolute atomic E-state index is 0.299. The Labute approximate surface area is 85.1 Å². The molecule has 0 aliphatic carbocycles. The molecule has 2 nitrogen and oxygen atoms in total. The summed E-state index contributed by atoms with van der Waals surface area (Å²) in [6.45, 7) is 2.53. The van der Waals surface area contributed by atoms with Gasteiger partial charge in [0.15, 0.2) is 0 Å². The van der Waals surface area contributed by atoms with Gasteiger partial charge in [0, 0.05) is 19.4 Å². The molecule has 0 heterocycles. The topological polar surface area (TPSA) is 43.1 Å². The Morgan fingerprint density at radius 3 is 2.50 bits per heavy atom. The molecule has 1 aromatic rings. The average molecular weight is 191 g/mol. The Morgan fingerprint density at radius 2 is 1.93 bits per heavy atom. The van der Waals surface area contributed by atoms with Gasteiger partial charge < -0.3 is 5.73 Å². The monoisotopic (exact) mass is 191 g/mol. The molecule has 2 N–H and O–H groups in total. The molecule has 1 rings (SSSR count). The van der Waals surface area contributed by atoms with E-state index >= 15 is 0 Å². The molecule has 0 aromatic heterocycles. The molecule has 0 radical (unpaired) electrons. The highest BCUT2D eigenvalue weighted by Crippen LogP contribution is 2.10. The van der Waals surface area contributed by atoms with E-state index in [0.717, 1.165) is 17.5 Å². The van der Waals surface area contributed by atoms with E-state index in [2.05, 4.69) is 0 Å². The van der Waals surface area contributed by atoms with Crippen LogP contribution < -0.4 is 5.73 Å². The van der Waals surface area contributed by atoms with E-state index in [-0.39, 0.29) is 0 Å². The fourth-order valence-corrected chi connectivity index (χ4v) is 1.51. The second-order valence-electron chi connectivity index (χ2n) is 3.44. The van der Waals surface area contributed by atoms with Crippen molar-refractivity contribution in [2.75, 3.05) is 0 Å². The smallest absolute Gasteiger partial charge is 0.137 e. The number of nitrogens with two attached hydrogens (primary N) is 1. The molecular formula is C12H17NO. The second kappa shape index (κ2) is 5.55. The summed E-state index contributed by atoms with van der Waals surface area (Å²) in [7, 11) is 0. The van der Waals surface area contributed by atoms with E-state index in [1.54, 1.807) is 0 Å². The van der Waals surface area contributed by atoms with E-state index in [1.807, 2.05) is 31.2 Å². The summed E-state index contributed by atoms with van der Waals surface area (Å²) < 4.78 is 0. The van der Waals surface area contributed by atoms with Crippen LogP contribution in [0, 0.1) is 0 Å². The van der Waals surface area contributed by atoms with Gasteiger partial charge in [-0.15, -0.1) is 0 Å². The summed E-state index contributed by atoms with van der Waals surface area (Å²) in [5, 5.41) is 0. The van der Waals surface area contributed by atoms with Gasteiger partial charge in [-0.25, -0.2) is 0 Å². The highest BCUT2D eigenvalue weighted by molar-refractivity contribution is 5.81. The van der Waals surface area contributed by atoms with Crippen LogP contribution in [0.4, 0.5) is 0 Å². The largest absolute Gasteiger partial charge is 0.326 e. The van der Waals surface area contributed by atoms with E-state index < -0.39 is 0 Å². The Hall–Kier alpha value is -1.15. The molecule has 76 valence electrons. The van der Waals surface area contributed by atoms with Gasteiger partial charge in [-0.1, -0.05) is 31.2 Å². The molecule has 0 fully saturated rings. The number of carbonyl (C=O) groups is 1. The van der Waals surface area contributed by atoms with Crippen LogP contribution in [0.1, 0.15) is 30.9 Å². The second-order valence-corrected chi connectivity index (χ2v) is 3.44. The van der Waals surface area contributed by atoms with Gasteiger partial charge in [-0.2, -0.15) is 0 Å². The van der Waals surface area contributed by atoms with Gasteiger partial charge in [0.1, 0.15) is 5.78 Å². The van der Waals surface area contributed by atoms with Crippen molar-refractivity contribution in [3.63, 3.8) is 0 Å². The molecule has 0 unspecified atom stereocenters. The first-order chi connectivity index (χ1) is 6.77. The summed E-state index contributed by atoms with van der Waals surface area (Å²) in [6, 6.07) is 7.87. The highest BCUT2D eigenvalue weighted by atomic mass is 16.1. The van der Waals surface area contributed by atoms with E-state index in [0.29, 0.717) is 25.2 Å². The first-order valence-electron chi connectivity index (χ1n) is 5.06. The van der Waals surface area contributed by atoms with Crippen molar-refractivity contribution in [1.82, 2.24) is 0 Å². The lowest BCUT2D eigenvalue weighted by atomic mass is 10.0. The van der Waals surface area contributed by atoms with E-state index in [9.17, 15) is 4.79 Å². The van der Waals surface area contributed by atoms with Crippen molar-refractivity contribution in [2.45, 2.75) is 32.7 Å². The van der Waals surface area contributed by atoms with E-state index in [1.165, 1.54) is 0 Å². The summed E-state index contributed by atoms with van der Waals surface area (Å²) in [6.07, 6.45) is 2.11. The van der Waals surface area contributed by atoms with Crippen LogP contribution in [0.15, 0.2) is 24.3 Å². The Bertz CT molecular complexity index is 307. The molecular weight excluding hydrogens is 174 g/mol. The number of rotatable bonds is 5. The van der Waals surface area contributed by atoms with Gasteiger partial charge in [-0.3, -0.25) is 4.79 Å². The Morgan fingerprint density at radius 1 is 1.29 bits per heavy atom. The molecule has 0 saturated heterocycles. The van der Waals surface area contributed by atoms with Gasteiger partial charge in [0.2, 0.25) is 0 Å². The average Bonchev–Trinajstić information content (AvgIpc) is 2.19. The highest BCUT2D eigenvalue weighted by Gasteiger charge is 2.05. The summed E-state index contributed by atoms with van der Waals surface area (Å²) >= 11 is 0. The molecule has 1 aromatic carbocycles. The number of hydrogen-bond donors (Lipinski definition) is 1. The molecule has 0 atom stereocenters. The lowest BCUT2D eigenvalue weighted by molar-refractivity contribution is -0.118. The third kappa shape index (κ3) is 2.96. The number of Topliss-reactive ketones (excluding diaryl/α,β-unsaturated/α-hetero) is 1. The molecule has 0 amide bonds. The summed E-state index contributed by atoms with van der Waals surface area (Å²) in [5.74, 6) is 0.299. The number of ketones is 1. The maximum absolute atomic E-state index is 11.4. The molecule has 0 aliphatic heterocycles. The van der Waals surface area contributed by atoms with Crippen LogP contribution in [-0.4, -0.2) is 5.78 Å². The standard InChI is InChI=1S/C12H17NO/c1-2-5-12(14)8-10-6-3-4-7-11(10)9-13/h3-4,6-7H,2,5,8-9,13H2,1H3. The predicted molar refractivity (Wildman–Crippen MR) is 58.0 cm³/mol. The van der Waals surface area contributed by atoms with Crippen molar-refractivity contribution in [3.05, 3.63) is 35.4 Å². The van der Waals surface area contributed by atoms with Crippen molar-refractivity contribution in [2.24, 2.45) is 5.73 Å². The molecule has 0 aliphatic rings. The molecule has 0 spiro atoms. The van der Waals surface area contributed by atoms with Crippen LogP contribution in [-0.2, 0) is 17.8 Å². The quantitative estimate of drug-likeness (QED) is 0.774. The first kappa shape index (κ1) is 10.9. The zero-order valence-corrected chi connectivity index (χ0v) is 8.62. The van der Waals surface area contributed by atoms with Gasteiger partial charge in [-0.05, 0) is 17.5 Å². The zero-order valence-electron chi connectivity index (χ0n) is 8.62. The van der Waals surface area contributed by atoms with Crippen molar-refractivity contribution in [1.29, 1.82) is 0 Å². The maximum Gasteiger partial charge on any atom is 0.137 e. The first-order valence-corrected chi connectivity index (χ1v) is 5.06. The fourth-order valence-electron chi connectivity index (χ4n) is 1.51. The van der Waals surface area contributed by atoms with Gasteiger partial charge in [0.25, 0.3) is 0 Å². The predicted octanol–water partition coefficient (Wildman–Crippen LogP) is 2.06. The van der Waals surface area contributed by atoms with Crippen LogP contribution in [0.25, 0.3) is 0 Å². The van der Waals surface area contributed by atoms with Crippen LogP contribution in [0.2, 0.25) is 0 Å². The lowest BCUT2D eigenvalue weighted by Crippen LogP contribution is -2.07. The van der Waals surface area contributed by atoms with Crippen LogP contribution >= 0.6 is 0 Å². The zero-order chi connectivity index (χ0) is 10.4. The Kier molecular flexibility index (Phi) is 4.33. The molecule has 14 heavy (non-hydrogen) atoms. The minimum Gasteiger partial charge on any atom is -0.326 e. The third-order valence-corrected chi connectivity index (χ3v) is 2.25. The number of hydrogen-bond acceptors (Lipinski definition) is 2. The summed E-state index contributed by atoms with van der Waals surface area (Å²) in [4.78, 5) is 11.4.